The molecular weight excluding hydrogens is 446 g/mol. The van der Waals surface area contributed by atoms with Gasteiger partial charge in [0.15, 0.2) is 5.16 Å². The van der Waals surface area contributed by atoms with Crippen LogP contribution in [0.1, 0.15) is 25.3 Å². The van der Waals surface area contributed by atoms with Gasteiger partial charge in [0.2, 0.25) is 5.91 Å². The average Bonchev–Trinajstić information content (AvgIpc) is 3.30. The standard InChI is InChI=1S/C27H25N3O3S/c1-2-33-22-15-13-21(14-16-22)30-26(32)23-6-3-4-7-24(23)28-27(30)34-18-19-9-11-20(12-10-19)29-17-5-8-25(29)31/h3-4,6-7,9-16H,2,5,8,17-18H2,1H3. The molecule has 0 radical (unpaired) electrons. The zero-order chi connectivity index (χ0) is 23.5. The number of carbonyl (C=O) groups excluding carboxylic acids is 1. The van der Waals surface area contributed by atoms with E-state index in [1.54, 1.807) is 4.57 Å². The van der Waals surface area contributed by atoms with Crippen LogP contribution < -0.4 is 15.2 Å². The van der Waals surface area contributed by atoms with Gasteiger partial charge in [0.25, 0.3) is 5.56 Å². The first-order valence-electron chi connectivity index (χ1n) is 11.4. The summed E-state index contributed by atoms with van der Waals surface area (Å²) in [4.78, 5) is 32.1. The molecule has 2 heterocycles. The largest absolute Gasteiger partial charge is 0.494 e. The van der Waals surface area contributed by atoms with Crippen LogP contribution in [0.2, 0.25) is 0 Å². The minimum atomic E-state index is -0.0971. The van der Waals surface area contributed by atoms with Gasteiger partial charge < -0.3 is 9.64 Å². The number of rotatable bonds is 7. The molecule has 1 aliphatic rings. The van der Waals surface area contributed by atoms with E-state index >= 15 is 0 Å². The number of hydrogen-bond acceptors (Lipinski definition) is 5. The van der Waals surface area contributed by atoms with Gasteiger partial charge >= 0.3 is 0 Å². The van der Waals surface area contributed by atoms with Gasteiger partial charge in [-0.15, -0.1) is 0 Å². The summed E-state index contributed by atoms with van der Waals surface area (Å²) in [5.74, 6) is 1.59. The molecule has 0 spiro atoms. The van der Waals surface area contributed by atoms with Crippen LogP contribution in [0, 0.1) is 0 Å². The van der Waals surface area contributed by atoms with Gasteiger partial charge in [0, 0.05) is 24.4 Å². The number of hydrogen-bond donors (Lipinski definition) is 0. The molecule has 1 aromatic heterocycles. The van der Waals surface area contributed by atoms with Crippen molar-refractivity contribution < 1.29 is 9.53 Å². The fourth-order valence-electron chi connectivity index (χ4n) is 4.14. The molecule has 0 bridgehead atoms. The van der Waals surface area contributed by atoms with E-state index in [1.807, 2.05) is 84.6 Å². The Morgan fingerprint density at radius 2 is 1.68 bits per heavy atom. The Morgan fingerprint density at radius 1 is 0.941 bits per heavy atom. The van der Waals surface area contributed by atoms with Crippen molar-refractivity contribution in [1.29, 1.82) is 0 Å². The predicted molar refractivity (Wildman–Crippen MR) is 136 cm³/mol. The highest BCUT2D eigenvalue weighted by molar-refractivity contribution is 7.98. The van der Waals surface area contributed by atoms with Gasteiger partial charge in [-0.05, 0) is 67.4 Å². The molecule has 0 unspecified atom stereocenters. The fourth-order valence-corrected chi connectivity index (χ4v) is 5.10. The number of benzene rings is 3. The maximum Gasteiger partial charge on any atom is 0.266 e. The monoisotopic (exact) mass is 471 g/mol. The first-order chi connectivity index (χ1) is 16.6. The van der Waals surface area contributed by atoms with Crippen LogP contribution in [0.25, 0.3) is 16.6 Å². The Balaban J connectivity index is 1.45. The van der Waals surface area contributed by atoms with Gasteiger partial charge in [-0.25, -0.2) is 4.98 Å². The van der Waals surface area contributed by atoms with Crippen molar-refractivity contribution in [3.63, 3.8) is 0 Å². The summed E-state index contributed by atoms with van der Waals surface area (Å²) >= 11 is 1.52. The van der Waals surface area contributed by atoms with Gasteiger partial charge in [-0.1, -0.05) is 36.0 Å². The van der Waals surface area contributed by atoms with E-state index in [0.29, 0.717) is 34.8 Å². The van der Waals surface area contributed by atoms with Gasteiger partial charge in [-0.3, -0.25) is 14.2 Å². The number of para-hydroxylation sites is 1. The van der Waals surface area contributed by atoms with E-state index in [-0.39, 0.29) is 11.5 Å². The summed E-state index contributed by atoms with van der Waals surface area (Å²) in [6.07, 6.45) is 1.53. The van der Waals surface area contributed by atoms with Crippen molar-refractivity contribution >= 4 is 34.3 Å². The number of carbonyl (C=O) groups is 1. The Hall–Kier alpha value is -3.58. The Kier molecular flexibility index (Phi) is 6.36. The van der Waals surface area contributed by atoms with E-state index in [4.69, 9.17) is 9.72 Å². The molecule has 1 saturated heterocycles. The lowest BCUT2D eigenvalue weighted by Crippen LogP contribution is -2.23. The molecule has 1 amide bonds. The van der Waals surface area contributed by atoms with Crippen molar-refractivity contribution in [1.82, 2.24) is 9.55 Å². The second-order valence-corrected chi connectivity index (χ2v) is 9.03. The Morgan fingerprint density at radius 3 is 2.38 bits per heavy atom. The normalized spacial score (nSPS) is 13.6. The minimum Gasteiger partial charge on any atom is -0.494 e. The smallest absolute Gasteiger partial charge is 0.266 e. The highest BCUT2D eigenvalue weighted by atomic mass is 32.2. The number of aromatic nitrogens is 2. The van der Waals surface area contributed by atoms with Crippen LogP contribution >= 0.6 is 11.8 Å². The average molecular weight is 472 g/mol. The molecule has 0 N–H and O–H groups in total. The van der Waals surface area contributed by atoms with Gasteiger partial charge in [-0.2, -0.15) is 0 Å². The first-order valence-corrected chi connectivity index (χ1v) is 12.4. The third-order valence-corrected chi connectivity index (χ3v) is 6.85. The summed E-state index contributed by atoms with van der Waals surface area (Å²) in [7, 11) is 0. The molecule has 1 fully saturated rings. The highest BCUT2D eigenvalue weighted by Gasteiger charge is 2.21. The maximum absolute atomic E-state index is 13.4. The lowest BCUT2D eigenvalue weighted by molar-refractivity contribution is -0.117. The topological polar surface area (TPSA) is 64.4 Å². The summed E-state index contributed by atoms with van der Waals surface area (Å²) in [5, 5.41) is 1.21. The quantitative estimate of drug-likeness (QED) is 0.274. The predicted octanol–water partition coefficient (Wildman–Crippen LogP) is 5.20. The number of fused-ring (bicyclic) bond motifs is 1. The van der Waals surface area contributed by atoms with Crippen LogP contribution in [-0.4, -0.2) is 28.6 Å². The number of thioether (sulfide) groups is 1. The number of ether oxygens (including phenoxy) is 1. The van der Waals surface area contributed by atoms with Gasteiger partial charge in [0.05, 0.1) is 23.2 Å². The molecule has 34 heavy (non-hydrogen) atoms. The molecule has 0 aliphatic carbocycles. The Bertz CT molecular complexity index is 1380. The van der Waals surface area contributed by atoms with Crippen LogP contribution in [0.5, 0.6) is 5.75 Å². The summed E-state index contributed by atoms with van der Waals surface area (Å²) < 4.78 is 7.22. The second kappa shape index (κ2) is 9.73. The van der Waals surface area contributed by atoms with Crippen LogP contribution in [0.3, 0.4) is 0 Å². The van der Waals surface area contributed by atoms with E-state index in [9.17, 15) is 9.59 Å². The number of anilines is 1. The number of nitrogens with zero attached hydrogens (tertiary/aromatic N) is 3. The highest BCUT2D eigenvalue weighted by Crippen LogP contribution is 2.27. The summed E-state index contributed by atoms with van der Waals surface area (Å²) in [6, 6.07) is 23.0. The van der Waals surface area contributed by atoms with Crippen molar-refractivity contribution in [3.05, 3.63) is 88.7 Å². The fraction of sp³-hybridized carbons (Fsp3) is 0.222. The van der Waals surface area contributed by atoms with Crippen LogP contribution in [0.4, 0.5) is 5.69 Å². The number of amides is 1. The molecule has 4 aromatic rings. The zero-order valence-corrected chi connectivity index (χ0v) is 19.8. The summed E-state index contributed by atoms with van der Waals surface area (Å²) in [6.45, 7) is 3.31. The lowest BCUT2D eigenvalue weighted by Gasteiger charge is -2.16. The maximum atomic E-state index is 13.4. The molecule has 0 saturated carbocycles. The van der Waals surface area contributed by atoms with Crippen molar-refractivity contribution in [3.8, 4) is 11.4 Å². The van der Waals surface area contributed by atoms with Crippen molar-refractivity contribution in [2.45, 2.75) is 30.7 Å². The van der Waals surface area contributed by atoms with E-state index < -0.39 is 0 Å². The molecule has 172 valence electrons. The molecule has 5 rings (SSSR count). The Labute approximate surface area is 202 Å². The SMILES string of the molecule is CCOc1ccc(-n2c(SCc3ccc(N4CCCC4=O)cc3)nc3ccccc3c2=O)cc1. The molecule has 0 atom stereocenters. The second-order valence-electron chi connectivity index (χ2n) is 8.08. The molecular formula is C27H25N3O3S. The first kappa shape index (κ1) is 22.2. The van der Waals surface area contributed by atoms with Crippen LogP contribution in [0.15, 0.2) is 82.7 Å². The molecule has 1 aliphatic heterocycles. The third-order valence-electron chi connectivity index (χ3n) is 5.84. The van der Waals surface area contributed by atoms with Crippen LogP contribution in [-0.2, 0) is 10.5 Å². The van der Waals surface area contributed by atoms with Crippen molar-refractivity contribution in [2.24, 2.45) is 0 Å². The van der Waals surface area contributed by atoms with Crippen molar-refractivity contribution in [2.75, 3.05) is 18.1 Å². The minimum absolute atomic E-state index is 0.0971. The zero-order valence-electron chi connectivity index (χ0n) is 18.9. The van der Waals surface area contributed by atoms with Gasteiger partial charge in [0.1, 0.15) is 5.75 Å². The van der Waals surface area contributed by atoms with E-state index in [1.165, 1.54) is 11.8 Å². The molecule has 7 heteroatoms. The van der Waals surface area contributed by atoms with E-state index in [0.717, 1.165) is 35.7 Å². The molecule has 3 aromatic carbocycles. The summed E-state index contributed by atoms with van der Waals surface area (Å²) in [5.41, 5.74) is 3.37. The molecule has 6 nitrogen and oxygen atoms in total. The lowest BCUT2D eigenvalue weighted by atomic mass is 10.2. The third kappa shape index (κ3) is 4.43. The van der Waals surface area contributed by atoms with E-state index in [2.05, 4.69) is 0 Å².